The van der Waals surface area contributed by atoms with Crippen molar-refractivity contribution in [1.82, 2.24) is 9.80 Å². The average molecular weight is 540 g/mol. The molecule has 5 nitrogen and oxygen atoms in total. The van der Waals surface area contributed by atoms with E-state index >= 15 is 0 Å². The Bertz CT molecular complexity index is 1060. The summed E-state index contributed by atoms with van der Waals surface area (Å²) < 4.78 is 34.2. The molecule has 0 bridgehead atoms. The van der Waals surface area contributed by atoms with Crippen LogP contribution in [0.5, 0.6) is 5.75 Å². The van der Waals surface area contributed by atoms with Crippen LogP contribution in [0, 0.1) is 11.6 Å². The molecule has 0 aromatic heterocycles. The largest absolute Gasteiger partial charge is 0.492 e. The van der Waals surface area contributed by atoms with Gasteiger partial charge in [0.25, 0.3) is 0 Å². The first-order valence-corrected chi connectivity index (χ1v) is 13.4. The molecule has 4 rings (SSSR count). The van der Waals surface area contributed by atoms with Gasteiger partial charge in [-0.3, -0.25) is 9.69 Å². The molecule has 2 aromatic rings. The van der Waals surface area contributed by atoms with Gasteiger partial charge in [-0.1, -0.05) is 35.7 Å². The van der Waals surface area contributed by atoms with Crippen LogP contribution < -0.4 is 10.5 Å². The van der Waals surface area contributed by atoms with Gasteiger partial charge in [0.05, 0.1) is 6.04 Å². The first-order chi connectivity index (χ1) is 17.3. The van der Waals surface area contributed by atoms with Gasteiger partial charge in [0, 0.05) is 41.3 Å². The van der Waals surface area contributed by atoms with Gasteiger partial charge in [-0.2, -0.15) is 0 Å². The lowest BCUT2D eigenvalue weighted by Crippen LogP contribution is -2.47. The molecule has 36 heavy (non-hydrogen) atoms. The SMILES string of the molecule is N[C@H](Cc1ccc(Cl)cc1Cl)C(=O)N1CCC(c2cc(F)c(F)cc2OCCN2CCCCC2)CC1. The van der Waals surface area contributed by atoms with E-state index in [9.17, 15) is 13.6 Å². The highest BCUT2D eigenvalue weighted by atomic mass is 35.5. The van der Waals surface area contributed by atoms with Crippen LogP contribution in [0.2, 0.25) is 10.0 Å². The third-order valence-electron chi connectivity index (χ3n) is 7.19. The molecule has 2 heterocycles. The number of nitrogens with zero attached hydrogens (tertiary/aromatic N) is 2. The molecule has 0 aliphatic carbocycles. The van der Waals surface area contributed by atoms with Crippen LogP contribution >= 0.6 is 23.2 Å². The lowest BCUT2D eigenvalue weighted by molar-refractivity contribution is -0.133. The maximum absolute atomic E-state index is 14.2. The minimum atomic E-state index is -0.911. The molecular formula is C27H33Cl2F2N3O2. The van der Waals surface area contributed by atoms with Gasteiger partial charge in [0.2, 0.25) is 5.91 Å². The van der Waals surface area contributed by atoms with Crippen LogP contribution in [-0.2, 0) is 11.2 Å². The monoisotopic (exact) mass is 539 g/mol. The third-order valence-corrected chi connectivity index (χ3v) is 7.77. The minimum absolute atomic E-state index is 0.0314. The third kappa shape index (κ3) is 6.88. The van der Waals surface area contributed by atoms with Crippen molar-refractivity contribution in [3.05, 3.63) is 63.1 Å². The number of likely N-dealkylation sites (tertiary alicyclic amines) is 2. The van der Waals surface area contributed by atoms with Gasteiger partial charge in [0.15, 0.2) is 11.6 Å². The van der Waals surface area contributed by atoms with Gasteiger partial charge >= 0.3 is 0 Å². The van der Waals surface area contributed by atoms with E-state index in [0.717, 1.165) is 31.3 Å². The Morgan fingerprint density at radius 2 is 1.72 bits per heavy atom. The zero-order chi connectivity index (χ0) is 25.7. The molecule has 2 N–H and O–H groups in total. The topological polar surface area (TPSA) is 58.8 Å². The molecule has 0 saturated carbocycles. The van der Waals surface area contributed by atoms with Crippen LogP contribution in [0.1, 0.15) is 49.1 Å². The van der Waals surface area contributed by atoms with E-state index in [4.69, 9.17) is 33.7 Å². The Labute approximate surface area is 221 Å². The lowest BCUT2D eigenvalue weighted by atomic mass is 9.88. The zero-order valence-corrected chi connectivity index (χ0v) is 21.8. The van der Waals surface area contributed by atoms with Crippen molar-refractivity contribution in [2.45, 2.75) is 50.5 Å². The van der Waals surface area contributed by atoms with E-state index in [1.807, 2.05) is 0 Å². The summed E-state index contributed by atoms with van der Waals surface area (Å²) in [4.78, 5) is 17.1. The molecule has 0 unspecified atom stereocenters. The number of amides is 1. The Kier molecular flexibility index (Phi) is 9.45. The molecule has 1 amide bonds. The van der Waals surface area contributed by atoms with Crippen LogP contribution in [0.15, 0.2) is 30.3 Å². The Hall–Kier alpha value is -1.93. The zero-order valence-electron chi connectivity index (χ0n) is 20.3. The molecule has 2 fully saturated rings. The molecule has 9 heteroatoms. The van der Waals surface area contributed by atoms with Crippen molar-refractivity contribution >= 4 is 29.1 Å². The Morgan fingerprint density at radius 1 is 1.03 bits per heavy atom. The quantitative estimate of drug-likeness (QED) is 0.487. The molecule has 0 radical (unpaired) electrons. The Morgan fingerprint density at radius 3 is 2.42 bits per heavy atom. The number of hydrogen-bond acceptors (Lipinski definition) is 4. The number of rotatable bonds is 8. The van der Waals surface area contributed by atoms with Crippen molar-refractivity contribution in [2.24, 2.45) is 5.73 Å². The summed E-state index contributed by atoms with van der Waals surface area (Å²) in [7, 11) is 0. The second-order valence-electron chi connectivity index (χ2n) is 9.70. The summed E-state index contributed by atoms with van der Waals surface area (Å²) in [5, 5.41) is 1.01. The number of piperidine rings is 2. The highest BCUT2D eigenvalue weighted by molar-refractivity contribution is 6.35. The molecular weight excluding hydrogens is 507 g/mol. The summed E-state index contributed by atoms with van der Waals surface area (Å²) in [6.45, 7) is 4.26. The predicted octanol–water partition coefficient (Wildman–Crippen LogP) is 5.41. The normalized spacial score (nSPS) is 18.3. The number of carbonyl (C=O) groups is 1. The van der Waals surface area contributed by atoms with Crippen molar-refractivity contribution in [3.8, 4) is 5.75 Å². The number of benzene rings is 2. The highest BCUT2D eigenvalue weighted by Gasteiger charge is 2.29. The van der Waals surface area contributed by atoms with Crippen LogP contribution in [0.3, 0.4) is 0 Å². The first-order valence-electron chi connectivity index (χ1n) is 12.6. The van der Waals surface area contributed by atoms with E-state index < -0.39 is 17.7 Å². The second-order valence-corrected chi connectivity index (χ2v) is 10.5. The Balaban J connectivity index is 1.34. The van der Waals surface area contributed by atoms with Crippen LogP contribution in [-0.4, -0.2) is 61.1 Å². The van der Waals surface area contributed by atoms with Gasteiger partial charge in [-0.05, 0) is 74.9 Å². The summed E-state index contributed by atoms with van der Waals surface area (Å²) in [6.07, 6.45) is 5.17. The highest BCUT2D eigenvalue weighted by Crippen LogP contribution is 2.36. The number of hydrogen-bond donors (Lipinski definition) is 1. The maximum atomic E-state index is 14.2. The van der Waals surface area contributed by atoms with E-state index in [1.54, 1.807) is 23.1 Å². The van der Waals surface area contributed by atoms with E-state index in [0.29, 0.717) is 60.3 Å². The number of nitrogens with two attached hydrogens (primary N) is 1. The summed E-state index contributed by atoms with van der Waals surface area (Å²) in [6, 6.07) is 6.82. The molecule has 196 valence electrons. The minimum Gasteiger partial charge on any atom is -0.492 e. The summed E-state index contributed by atoms with van der Waals surface area (Å²) >= 11 is 12.2. The predicted molar refractivity (Wildman–Crippen MR) is 139 cm³/mol. The van der Waals surface area contributed by atoms with Gasteiger partial charge in [-0.15, -0.1) is 0 Å². The standard InChI is InChI=1S/C27H33Cl2F2N3O2/c28-20-5-4-19(22(29)15-20)14-25(32)27(35)34-10-6-18(7-11-34)21-16-23(30)24(31)17-26(21)36-13-12-33-8-2-1-3-9-33/h4-5,15-18,25H,1-3,6-14,32H2/t25-/m1/s1. The van der Waals surface area contributed by atoms with Gasteiger partial charge in [0.1, 0.15) is 12.4 Å². The fourth-order valence-electron chi connectivity index (χ4n) is 5.11. The molecule has 2 aromatic carbocycles. The van der Waals surface area contributed by atoms with Gasteiger partial charge < -0.3 is 15.4 Å². The summed E-state index contributed by atoms with van der Waals surface area (Å²) in [5.41, 5.74) is 7.64. The second kappa shape index (κ2) is 12.5. The molecule has 2 aliphatic rings. The average Bonchev–Trinajstić information content (AvgIpc) is 2.88. The van der Waals surface area contributed by atoms with E-state index in [-0.39, 0.29) is 11.8 Å². The van der Waals surface area contributed by atoms with Gasteiger partial charge in [-0.25, -0.2) is 8.78 Å². The first kappa shape index (κ1) is 27.1. The fourth-order valence-corrected chi connectivity index (χ4v) is 5.60. The van der Waals surface area contributed by atoms with E-state index in [2.05, 4.69) is 4.90 Å². The fraction of sp³-hybridized carbons (Fsp3) is 0.519. The molecule has 1 atom stereocenters. The lowest BCUT2D eigenvalue weighted by Gasteiger charge is -2.34. The number of halogens is 4. The van der Waals surface area contributed by atoms with Crippen molar-refractivity contribution < 1.29 is 18.3 Å². The molecule has 2 saturated heterocycles. The smallest absolute Gasteiger partial charge is 0.239 e. The van der Waals surface area contributed by atoms with Crippen LogP contribution in [0.4, 0.5) is 8.78 Å². The summed E-state index contributed by atoms with van der Waals surface area (Å²) in [5.74, 6) is -1.58. The number of ether oxygens (including phenoxy) is 1. The van der Waals surface area contributed by atoms with Crippen molar-refractivity contribution in [3.63, 3.8) is 0 Å². The van der Waals surface area contributed by atoms with Crippen molar-refractivity contribution in [2.75, 3.05) is 39.3 Å². The molecule has 0 spiro atoms. The molecule has 2 aliphatic heterocycles. The maximum Gasteiger partial charge on any atom is 0.239 e. The van der Waals surface area contributed by atoms with E-state index in [1.165, 1.54) is 25.3 Å². The van der Waals surface area contributed by atoms with Crippen LogP contribution in [0.25, 0.3) is 0 Å². The van der Waals surface area contributed by atoms with Crippen molar-refractivity contribution in [1.29, 1.82) is 0 Å². The number of carbonyl (C=O) groups excluding carboxylic acids is 1.